The number of nitrogens with zero attached hydrogens (tertiary/aromatic N) is 1. The van der Waals surface area contributed by atoms with Crippen molar-refractivity contribution in [1.82, 2.24) is 0 Å². The summed E-state index contributed by atoms with van der Waals surface area (Å²) in [5, 5.41) is 8.46. The van der Waals surface area contributed by atoms with Crippen LogP contribution in [0.15, 0.2) is 24.3 Å². The third-order valence-electron chi connectivity index (χ3n) is 2.34. The van der Waals surface area contributed by atoms with E-state index in [0.29, 0.717) is 12.3 Å². The largest absolute Gasteiger partial charge is 0.198 e. The first-order valence-electron chi connectivity index (χ1n) is 4.67. The Balaban J connectivity index is 2.62. The van der Waals surface area contributed by atoms with Crippen LogP contribution in [0, 0.1) is 18.3 Å². The van der Waals surface area contributed by atoms with Crippen LogP contribution in [-0.4, -0.2) is 0 Å². The van der Waals surface area contributed by atoms with Gasteiger partial charge in [-0.1, -0.05) is 36.8 Å². The number of benzene rings is 1. The van der Waals surface area contributed by atoms with Crippen LogP contribution in [0.5, 0.6) is 0 Å². The molecule has 1 aromatic rings. The zero-order valence-electron chi connectivity index (χ0n) is 8.25. The molecule has 0 amide bonds. The predicted octanol–water partition coefficient (Wildman–Crippen LogP) is 3.40. The van der Waals surface area contributed by atoms with Crippen LogP contribution < -0.4 is 0 Å². The van der Waals surface area contributed by atoms with Gasteiger partial charge in [0.1, 0.15) is 0 Å². The van der Waals surface area contributed by atoms with Gasteiger partial charge in [-0.25, -0.2) is 0 Å². The third kappa shape index (κ3) is 2.91. The Morgan fingerprint density at radius 1 is 1.31 bits per heavy atom. The molecule has 0 aliphatic carbocycles. The minimum absolute atomic E-state index is 0.500. The second kappa shape index (κ2) is 4.67. The molecular weight excluding hydrogens is 158 g/mol. The molecule has 1 rings (SSSR count). The van der Waals surface area contributed by atoms with Crippen molar-refractivity contribution >= 4 is 0 Å². The SMILES string of the molecule is Cc1ccc(C(C)CCC#N)cc1. The molecule has 0 bridgehead atoms. The maximum Gasteiger partial charge on any atom is 0.0621 e. The Kier molecular flexibility index (Phi) is 3.52. The molecule has 0 aromatic heterocycles. The van der Waals surface area contributed by atoms with Crippen LogP contribution >= 0.6 is 0 Å². The summed E-state index contributed by atoms with van der Waals surface area (Å²) in [6.45, 7) is 4.26. The number of hydrogen-bond acceptors (Lipinski definition) is 1. The zero-order chi connectivity index (χ0) is 9.68. The Morgan fingerprint density at radius 2 is 1.92 bits per heavy atom. The molecule has 0 N–H and O–H groups in total. The highest BCUT2D eigenvalue weighted by Gasteiger charge is 2.03. The molecular formula is C12H15N. The molecule has 0 spiro atoms. The fourth-order valence-corrected chi connectivity index (χ4v) is 1.34. The van der Waals surface area contributed by atoms with Crippen LogP contribution in [0.4, 0.5) is 0 Å². The topological polar surface area (TPSA) is 23.8 Å². The first kappa shape index (κ1) is 9.80. The van der Waals surface area contributed by atoms with E-state index >= 15 is 0 Å². The first-order valence-corrected chi connectivity index (χ1v) is 4.67. The molecule has 1 unspecified atom stereocenters. The fraction of sp³-hybridized carbons (Fsp3) is 0.417. The van der Waals surface area contributed by atoms with Crippen molar-refractivity contribution in [3.05, 3.63) is 35.4 Å². The van der Waals surface area contributed by atoms with E-state index < -0.39 is 0 Å². The Labute approximate surface area is 80.0 Å². The van der Waals surface area contributed by atoms with Gasteiger partial charge in [-0.05, 0) is 24.8 Å². The minimum Gasteiger partial charge on any atom is -0.198 e. The lowest BCUT2D eigenvalue weighted by Gasteiger charge is -2.09. The van der Waals surface area contributed by atoms with Crippen LogP contribution in [0.3, 0.4) is 0 Å². The van der Waals surface area contributed by atoms with Gasteiger partial charge in [-0.15, -0.1) is 0 Å². The third-order valence-corrected chi connectivity index (χ3v) is 2.34. The van der Waals surface area contributed by atoms with Crippen molar-refractivity contribution < 1.29 is 0 Å². The van der Waals surface area contributed by atoms with Crippen molar-refractivity contribution in [2.75, 3.05) is 0 Å². The molecule has 1 atom stereocenters. The predicted molar refractivity (Wildman–Crippen MR) is 54.4 cm³/mol. The Morgan fingerprint density at radius 3 is 2.46 bits per heavy atom. The number of hydrogen-bond donors (Lipinski definition) is 0. The summed E-state index contributed by atoms with van der Waals surface area (Å²) in [7, 11) is 0. The summed E-state index contributed by atoms with van der Waals surface area (Å²) in [6.07, 6.45) is 1.61. The summed E-state index contributed by atoms with van der Waals surface area (Å²) < 4.78 is 0. The van der Waals surface area contributed by atoms with Gasteiger partial charge in [0.25, 0.3) is 0 Å². The first-order chi connectivity index (χ1) is 6.24. The lowest BCUT2D eigenvalue weighted by Crippen LogP contribution is -1.92. The van der Waals surface area contributed by atoms with Gasteiger partial charge in [-0.2, -0.15) is 5.26 Å². The number of nitriles is 1. The molecule has 1 nitrogen and oxygen atoms in total. The molecule has 0 saturated carbocycles. The molecule has 0 radical (unpaired) electrons. The van der Waals surface area contributed by atoms with E-state index in [9.17, 15) is 0 Å². The smallest absolute Gasteiger partial charge is 0.0621 e. The normalized spacial score (nSPS) is 12.1. The molecule has 0 heterocycles. The monoisotopic (exact) mass is 173 g/mol. The van der Waals surface area contributed by atoms with Crippen molar-refractivity contribution in [3.63, 3.8) is 0 Å². The second-order valence-corrected chi connectivity index (χ2v) is 3.51. The van der Waals surface area contributed by atoms with Crippen molar-refractivity contribution in [2.45, 2.75) is 32.6 Å². The van der Waals surface area contributed by atoms with Crippen molar-refractivity contribution in [3.8, 4) is 6.07 Å². The average molecular weight is 173 g/mol. The molecule has 0 aliphatic heterocycles. The molecule has 0 saturated heterocycles. The van der Waals surface area contributed by atoms with Gasteiger partial charge in [0.15, 0.2) is 0 Å². The van der Waals surface area contributed by atoms with Gasteiger partial charge < -0.3 is 0 Å². The van der Waals surface area contributed by atoms with E-state index in [1.165, 1.54) is 11.1 Å². The molecule has 1 heteroatoms. The summed E-state index contributed by atoms with van der Waals surface area (Å²) in [4.78, 5) is 0. The highest BCUT2D eigenvalue weighted by Crippen LogP contribution is 2.20. The molecule has 68 valence electrons. The van der Waals surface area contributed by atoms with Crippen LogP contribution in [0.2, 0.25) is 0 Å². The highest BCUT2D eigenvalue weighted by molar-refractivity contribution is 5.24. The average Bonchev–Trinajstić information content (AvgIpc) is 2.15. The lowest BCUT2D eigenvalue weighted by atomic mass is 9.96. The summed E-state index contributed by atoms with van der Waals surface area (Å²) in [5.41, 5.74) is 2.62. The standard InChI is InChI=1S/C12H15N/c1-10-5-7-12(8-6-10)11(2)4-3-9-13/h5-8,11H,3-4H2,1-2H3. The summed E-state index contributed by atoms with van der Waals surface area (Å²) >= 11 is 0. The fourth-order valence-electron chi connectivity index (χ4n) is 1.34. The second-order valence-electron chi connectivity index (χ2n) is 3.51. The van der Waals surface area contributed by atoms with Gasteiger partial charge in [0.05, 0.1) is 6.07 Å². The van der Waals surface area contributed by atoms with Gasteiger partial charge in [-0.3, -0.25) is 0 Å². The maximum atomic E-state index is 8.46. The van der Waals surface area contributed by atoms with Crippen LogP contribution in [-0.2, 0) is 0 Å². The lowest BCUT2D eigenvalue weighted by molar-refractivity contribution is 0.695. The van der Waals surface area contributed by atoms with Crippen molar-refractivity contribution in [2.24, 2.45) is 0 Å². The molecule has 1 aromatic carbocycles. The molecule has 0 fully saturated rings. The van der Waals surface area contributed by atoms with Gasteiger partial charge in [0, 0.05) is 6.42 Å². The summed E-state index contributed by atoms with van der Waals surface area (Å²) in [6, 6.07) is 10.7. The van der Waals surface area contributed by atoms with E-state index in [1.807, 2.05) is 0 Å². The van der Waals surface area contributed by atoms with Crippen LogP contribution in [0.1, 0.15) is 36.8 Å². The summed E-state index contributed by atoms with van der Waals surface area (Å²) in [5.74, 6) is 0.500. The van der Waals surface area contributed by atoms with E-state index in [0.717, 1.165) is 6.42 Å². The minimum atomic E-state index is 0.500. The van der Waals surface area contributed by atoms with Crippen LogP contribution in [0.25, 0.3) is 0 Å². The number of rotatable bonds is 3. The molecule has 0 aliphatic rings. The highest BCUT2D eigenvalue weighted by atomic mass is 14.2. The Hall–Kier alpha value is -1.29. The maximum absolute atomic E-state index is 8.46. The Bertz CT molecular complexity index is 292. The zero-order valence-corrected chi connectivity index (χ0v) is 8.25. The van der Waals surface area contributed by atoms with Crippen molar-refractivity contribution in [1.29, 1.82) is 5.26 Å². The van der Waals surface area contributed by atoms with Gasteiger partial charge in [0.2, 0.25) is 0 Å². The van der Waals surface area contributed by atoms with Gasteiger partial charge >= 0.3 is 0 Å². The van der Waals surface area contributed by atoms with E-state index in [4.69, 9.17) is 5.26 Å². The van der Waals surface area contributed by atoms with E-state index in [1.54, 1.807) is 0 Å². The molecule has 13 heavy (non-hydrogen) atoms. The van der Waals surface area contributed by atoms with E-state index in [2.05, 4.69) is 44.2 Å². The quantitative estimate of drug-likeness (QED) is 0.687. The number of aryl methyl sites for hydroxylation is 1. The van der Waals surface area contributed by atoms with E-state index in [-0.39, 0.29) is 0 Å².